The lowest BCUT2D eigenvalue weighted by molar-refractivity contribution is 0.296. The van der Waals surface area contributed by atoms with Crippen molar-refractivity contribution in [2.24, 2.45) is 0 Å². The number of halogens is 2. The first-order valence-corrected chi connectivity index (χ1v) is 10.5. The van der Waals surface area contributed by atoms with Crippen molar-refractivity contribution in [1.29, 1.82) is 5.26 Å². The predicted molar refractivity (Wildman–Crippen MR) is 124 cm³/mol. The highest BCUT2D eigenvalue weighted by Gasteiger charge is 2.16. The average Bonchev–Trinajstić information content (AvgIpc) is 3.35. The van der Waals surface area contributed by atoms with Gasteiger partial charge >= 0.3 is 0 Å². The van der Waals surface area contributed by atoms with Crippen LogP contribution in [0.1, 0.15) is 34.1 Å². The molecule has 2 aromatic carbocycles. The van der Waals surface area contributed by atoms with Crippen LogP contribution in [-0.4, -0.2) is 14.8 Å². The largest absolute Gasteiger partial charge is 0.483 e. The van der Waals surface area contributed by atoms with E-state index in [4.69, 9.17) is 37.6 Å². The Morgan fingerprint density at radius 3 is 2.62 bits per heavy atom. The molecule has 0 atom stereocenters. The van der Waals surface area contributed by atoms with Gasteiger partial charge in [0.2, 0.25) is 5.89 Å². The zero-order valence-electron chi connectivity index (χ0n) is 17.3. The van der Waals surface area contributed by atoms with E-state index < -0.39 is 0 Å². The second kappa shape index (κ2) is 9.31. The Kier molecular flexibility index (Phi) is 6.31. The second-order valence-electron chi connectivity index (χ2n) is 7.04. The summed E-state index contributed by atoms with van der Waals surface area (Å²) in [5, 5.41) is 14.7. The van der Waals surface area contributed by atoms with Crippen LogP contribution in [-0.2, 0) is 6.61 Å². The van der Waals surface area contributed by atoms with Gasteiger partial charge in [-0.15, -0.1) is 0 Å². The molecule has 2 aromatic heterocycles. The van der Waals surface area contributed by atoms with Crippen LogP contribution >= 0.6 is 23.2 Å². The Balaban J connectivity index is 1.46. The minimum Gasteiger partial charge on any atom is -0.483 e. The summed E-state index contributed by atoms with van der Waals surface area (Å²) in [6.07, 6.45) is 5.25. The van der Waals surface area contributed by atoms with Gasteiger partial charge in [0, 0.05) is 11.1 Å². The van der Waals surface area contributed by atoms with Gasteiger partial charge in [-0.25, -0.2) is 9.67 Å². The van der Waals surface area contributed by atoms with Crippen LogP contribution < -0.4 is 4.74 Å². The average molecular weight is 465 g/mol. The highest BCUT2D eigenvalue weighted by molar-refractivity contribution is 6.32. The van der Waals surface area contributed by atoms with E-state index in [-0.39, 0.29) is 6.61 Å². The molecular weight excluding hydrogens is 447 g/mol. The molecule has 0 N–H and O–H groups in total. The van der Waals surface area contributed by atoms with E-state index >= 15 is 0 Å². The summed E-state index contributed by atoms with van der Waals surface area (Å²) in [7, 11) is 0. The monoisotopic (exact) mass is 464 g/mol. The van der Waals surface area contributed by atoms with E-state index in [1.807, 2.05) is 44.2 Å². The van der Waals surface area contributed by atoms with Crippen molar-refractivity contribution >= 4 is 35.4 Å². The van der Waals surface area contributed by atoms with Gasteiger partial charge in [0.05, 0.1) is 22.0 Å². The quantitative estimate of drug-likeness (QED) is 0.329. The molecule has 0 amide bonds. The van der Waals surface area contributed by atoms with Crippen molar-refractivity contribution < 1.29 is 9.15 Å². The molecular formula is C24H18Cl2N4O2. The fourth-order valence-electron chi connectivity index (χ4n) is 3.17. The summed E-state index contributed by atoms with van der Waals surface area (Å²) >= 11 is 12.1. The van der Waals surface area contributed by atoms with Crippen LogP contribution in [0.25, 0.3) is 17.8 Å². The number of oxazole rings is 1. The Hall–Kier alpha value is -3.53. The van der Waals surface area contributed by atoms with Crippen molar-refractivity contribution in [3.63, 3.8) is 0 Å². The SMILES string of the molecule is Cc1nn(-c2ccc(C#N)c(Cl)c2)c(C)c1OCc1coc(C=Cc2ccc(Cl)cc2)n1. The van der Waals surface area contributed by atoms with Crippen molar-refractivity contribution in [2.75, 3.05) is 0 Å². The molecule has 6 nitrogen and oxygen atoms in total. The van der Waals surface area contributed by atoms with Crippen molar-refractivity contribution in [2.45, 2.75) is 20.5 Å². The maximum Gasteiger partial charge on any atom is 0.218 e. The van der Waals surface area contributed by atoms with Crippen molar-refractivity contribution in [1.82, 2.24) is 14.8 Å². The predicted octanol–water partition coefficient (Wildman–Crippen LogP) is 6.41. The molecule has 0 saturated heterocycles. The first-order valence-electron chi connectivity index (χ1n) is 9.71. The van der Waals surface area contributed by atoms with Crippen LogP contribution in [0.2, 0.25) is 10.0 Å². The van der Waals surface area contributed by atoms with E-state index in [0.717, 1.165) is 22.6 Å². The normalized spacial score (nSPS) is 11.1. The third-order valence-electron chi connectivity index (χ3n) is 4.76. The van der Waals surface area contributed by atoms with Gasteiger partial charge in [-0.1, -0.05) is 35.3 Å². The number of hydrogen-bond donors (Lipinski definition) is 0. The Morgan fingerprint density at radius 2 is 1.91 bits per heavy atom. The highest BCUT2D eigenvalue weighted by atomic mass is 35.5. The molecule has 0 radical (unpaired) electrons. The number of ether oxygens (including phenoxy) is 1. The highest BCUT2D eigenvalue weighted by Crippen LogP contribution is 2.28. The first-order chi connectivity index (χ1) is 15.4. The van der Waals surface area contributed by atoms with E-state index in [0.29, 0.717) is 32.9 Å². The van der Waals surface area contributed by atoms with Crippen molar-refractivity contribution in [3.05, 3.63) is 92.9 Å². The molecule has 0 aliphatic rings. The number of hydrogen-bond acceptors (Lipinski definition) is 5. The molecule has 0 aliphatic heterocycles. The van der Waals surface area contributed by atoms with Gasteiger partial charge < -0.3 is 9.15 Å². The lowest BCUT2D eigenvalue weighted by Gasteiger charge is -2.07. The Morgan fingerprint density at radius 1 is 1.12 bits per heavy atom. The molecule has 0 fully saturated rings. The summed E-state index contributed by atoms with van der Waals surface area (Å²) in [6, 6.07) is 14.7. The molecule has 0 spiro atoms. The third kappa shape index (κ3) is 4.70. The molecule has 0 aliphatic carbocycles. The Labute approximate surface area is 195 Å². The van der Waals surface area contributed by atoms with Crippen LogP contribution in [0.3, 0.4) is 0 Å². The number of aromatic nitrogens is 3. The second-order valence-corrected chi connectivity index (χ2v) is 7.88. The molecule has 8 heteroatoms. The van der Waals surface area contributed by atoms with E-state index in [1.54, 1.807) is 35.2 Å². The molecule has 160 valence electrons. The van der Waals surface area contributed by atoms with Crippen LogP contribution in [0.5, 0.6) is 5.75 Å². The van der Waals surface area contributed by atoms with Crippen LogP contribution in [0, 0.1) is 25.2 Å². The minimum absolute atomic E-state index is 0.236. The lowest BCUT2D eigenvalue weighted by atomic mass is 10.2. The van der Waals surface area contributed by atoms with Gasteiger partial charge in [0.1, 0.15) is 30.3 Å². The summed E-state index contributed by atoms with van der Waals surface area (Å²) in [5.41, 5.74) is 4.37. The van der Waals surface area contributed by atoms with Gasteiger partial charge in [0.15, 0.2) is 5.75 Å². The third-order valence-corrected chi connectivity index (χ3v) is 5.33. The van der Waals surface area contributed by atoms with E-state index in [1.165, 1.54) is 0 Å². The molecule has 4 rings (SSSR count). The minimum atomic E-state index is 0.236. The standard InChI is InChI=1S/C24H18Cl2N4O2/c1-15-24(16(2)30(29-15)21-9-6-18(12-27)22(26)11-21)32-14-20-13-31-23(28-20)10-5-17-3-7-19(25)8-4-17/h3-11,13H,14H2,1-2H3. The van der Waals surface area contributed by atoms with E-state index in [2.05, 4.69) is 16.2 Å². The fraction of sp³-hybridized carbons (Fsp3) is 0.125. The lowest BCUT2D eigenvalue weighted by Crippen LogP contribution is -2.01. The summed E-state index contributed by atoms with van der Waals surface area (Å²) in [6.45, 7) is 4.01. The zero-order valence-corrected chi connectivity index (χ0v) is 18.9. The maximum absolute atomic E-state index is 9.06. The Bertz CT molecular complexity index is 1330. The fourth-order valence-corrected chi connectivity index (χ4v) is 3.51. The number of nitrogens with zero attached hydrogens (tertiary/aromatic N) is 4. The molecule has 32 heavy (non-hydrogen) atoms. The molecule has 0 bridgehead atoms. The van der Waals surface area contributed by atoms with E-state index in [9.17, 15) is 0 Å². The molecule has 0 unspecified atom stereocenters. The smallest absolute Gasteiger partial charge is 0.218 e. The summed E-state index contributed by atoms with van der Waals surface area (Å²) in [4.78, 5) is 4.43. The van der Waals surface area contributed by atoms with Crippen LogP contribution in [0.15, 0.2) is 53.1 Å². The van der Waals surface area contributed by atoms with Gasteiger partial charge in [-0.2, -0.15) is 10.4 Å². The number of benzene rings is 2. The van der Waals surface area contributed by atoms with Gasteiger partial charge in [-0.3, -0.25) is 0 Å². The van der Waals surface area contributed by atoms with Gasteiger partial charge in [-0.05, 0) is 55.8 Å². The first kappa shape index (κ1) is 21.7. The van der Waals surface area contributed by atoms with Crippen LogP contribution in [0.4, 0.5) is 0 Å². The maximum atomic E-state index is 9.06. The number of rotatable bonds is 6. The zero-order chi connectivity index (χ0) is 22.7. The molecule has 2 heterocycles. The summed E-state index contributed by atoms with van der Waals surface area (Å²) < 4.78 is 13.2. The molecule has 4 aromatic rings. The number of aryl methyl sites for hydroxylation is 1. The molecule has 0 saturated carbocycles. The summed E-state index contributed by atoms with van der Waals surface area (Å²) in [5.74, 6) is 1.14. The van der Waals surface area contributed by atoms with Crippen molar-refractivity contribution in [3.8, 4) is 17.5 Å². The number of nitriles is 1. The van der Waals surface area contributed by atoms with Gasteiger partial charge in [0.25, 0.3) is 0 Å². The topological polar surface area (TPSA) is 76.9 Å².